The summed E-state index contributed by atoms with van der Waals surface area (Å²) in [4.78, 5) is 25.8. The van der Waals surface area contributed by atoms with E-state index in [-0.39, 0.29) is 11.5 Å². The molecule has 0 aliphatic heterocycles. The highest BCUT2D eigenvalue weighted by Crippen LogP contribution is 2.30. The number of hydrogen-bond donors (Lipinski definition) is 1. The summed E-state index contributed by atoms with van der Waals surface area (Å²) in [5.41, 5.74) is 3.09. The smallest absolute Gasteiger partial charge is 0.253 e. The Labute approximate surface area is 165 Å². The van der Waals surface area contributed by atoms with Crippen molar-refractivity contribution < 1.29 is 4.79 Å². The van der Waals surface area contributed by atoms with Crippen molar-refractivity contribution in [1.82, 2.24) is 19.7 Å². The fourth-order valence-corrected chi connectivity index (χ4v) is 3.58. The molecule has 1 atom stereocenters. The molecule has 6 nitrogen and oxygen atoms in total. The Morgan fingerprint density at radius 2 is 1.86 bits per heavy atom. The van der Waals surface area contributed by atoms with E-state index in [0.717, 1.165) is 28.6 Å². The van der Waals surface area contributed by atoms with Crippen LogP contribution in [0.3, 0.4) is 0 Å². The summed E-state index contributed by atoms with van der Waals surface area (Å²) in [6.45, 7) is 8.52. The van der Waals surface area contributed by atoms with Crippen LogP contribution in [-0.4, -0.2) is 26.8 Å². The summed E-state index contributed by atoms with van der Waals surface area (Å²) in [7, 11) is 1.81. The van der Waals surface area contributed by atoms with E-state index in [1.54, 1.807) is 22.2 Å². The van der Waals surface area contributed by atoms with Gasteiger partial charge in [-0.2, -0.15) is 5.10 Å². The second-order valence-corrected chi connectivity index (χ2v) is 7.69. The van der Waals surface area contributed by atoms with Gasteiger partial charge in [0.05, 0.1) is 5.69 Å². The molecule has 2 heterocycles. The molecule has 0 saturated heterocycles. The van der Waals surface area contributed by atoms with Gasteiger partial charge >= 0.3 is 0 Å². The fourth-order valence-electron chi connectivity index (χ4n) is 3.58. The van der Waals surface area contributed by atoms with E-state index >= 15 is 0 Å². The van der Waals surface area contributed by atoms with Gasteiger partial charge in [-0.15, -0.1) is 0 Å². The average molecular weight is 380 g/mol. The Morgan fingerprint density at radius 3 is 2.50 bits per heavy atom. The monoisotopic (exact) mass is 380 g/mol. The Kier molecular flexibility index (Phi) is 5.68. The lowest BCUT2D eigenvalue weighted by Gasteiger charge is -2.18. The van der Waals surface area contributed by atoms with Crippen molar-refractivity contribution in [3.8, 4) is 11.1 Å². The first-order valence-corrected chi connectivity index (χ1v) is 9.73. The molecule has 0 aliphatic carbocycles. The molecule has 1 aromatic carbocycles. The van der Waals surface area contributed by atoms with E-state index in [0.29, 0.717) is 18.1 Å². The van der Waals surface area contributed by atoms with E-state index in [1.807, 2.05) is 44.3 Å². The molecular weight excluding hydrogens is 352 g/mol. The van der Waals surface area contributed by atoms with Crippen LogP contribution in [0.15, 0.2) is 41.2 Å². The van der Waals surface area contributed by atoms with Gasteiger partial charge in [0, 0.05) is 25.0 Å². The molecule has 1 unspecified atom stereocenters. The summed E-state index contributed by atoms with van der Waals surface area (Å²) >= 11 is 0. The molecule has 0 radical (unpaired) electrons. The molecule has 0 bridgehead atoms. The van der Waals surface area contributed by atoms with E-state index in [4.69, 9.17) is 0 Å². The van der Waals surface area contributed by atoms with Crippen LogP contribution < -0.4 is 10.9 Å². The van der Waals surface area contributed by atoms with Crippen LogP contribution in [0, 0.1) is 12.8 Å². The molecule has 0 aliphatic rings. The first-order chi connectivity index (χ1) is 13.3. The predicted octanol–water partition coefficient (Wildman–Crippen LogP) is 3.43. The Bertz CT molecular complexity index is 1050. The van der Waals surface area contributed by atoms with Crippen LogP contribution in [0.1, 0.15) is 38.9 Å². The maximum Gasteiger partial charge on any atom is 0.253 e. The molecule has 3 aromatic rings. The topological polar surface area (TPSA) is 68.9 Å². The Morgan fingerprint density at radius 1 is 1.18 bits per heavy atom. The Hall–Kier alpha value is -2.89. The van der Waals surface area contributed by atoms with Gasteiger partial charge in [-0.1, -0.05) is 44.2 Å². The zero-order chi connectivity index (χ0) is 20.4. The lowest BCUT2D eigenvalue weighted by molar-refractivity contribution is -0.123. The third-order valence-electron chi connectivity index (χ3n) is 5.07. The number of benzene rings is 1. The first-order valence-electron chi connectivity index (χ1n) is 9.73. The van der Waals surface area contributed by atoms with Gasteiger partial charge in [0.15, 0.2) is 0 Å². The van der Waals surface area contributed by atoms with Gasteiger partial charge in [-0.05, 0) is 37.3 Å². The molecule has 2 aromatic heterocycles. The van der Waals surface area contributed by atoms with Crippen molar-refractivity contribution in [1.29, 1.82) is 0 Å². The van der Waals surface area contributed by atoms with E-state index in [9.17, 15) is 9.59 Å². The molecule has 3 rings (SSSR count). The largest absolute Gasteiger partial charge is 0.354 e. The van der Waals surface area contributed by atoms with E-state index in [1.165, 1.54) is 0 Å². The number of pyridine rings is 1. The summed E-state index contributed by atoms with van der Waals surface area (Å²) < 4.78 is 3.24. The molecule has 0 saturated carbocycles. The van der Waals surface area contributed by atoms with Crippen LogP contribution in [0.4, 0.5) is 0 Å². The number of nitrogens with one attached hydrogen (secondary N) is 1. The minimum absolute atomic E-state index is 0.157. The maximum absolute atomic E-state index is 13.1. The molecule has 6 heteroatoms. The van der Waals surface area contributed by atoms with Crippen LogP contribution in [0.5, 0.6) is 0 Å². The lowest BCUT2D eigenvalue weighted by Crippen LogP contribution is -2.37. The minimum Gasteiger partial charge on any atom is -0.354 e. The van der Waals surface area contributed by atoms with Crippen molar-refractivity contribution in [2.45, 2.75) is 40.2 Å². The number of aromatic nitrogens is 3. The van der Waals surface area contributed by atoms with Crippen LogP contribution in [0.25, 0.3) is 22.2 Å². The molecule has 1 amide bonds. The van der Waals surface area contributed by atoms with Gasteiger partial charge in [0.2, 0.25) is 5.91 Å². The van der Waals surface area contributed by atoms with Gasteiger partial charge in [0.25, 0.3) is 5.56 Å². The molecule has 0 spiro atoms. The second-order valence-electron chi connectivity index (χ2n) is 7.69. The number of carbonyl (C=O) groups excluding carboxylic acids is 1. The van der Waals surface area contributed by atoms with Crippen molar-refractivity contribution in [2.24, 2.45) is 13.0 Å². The molecular formula is C22H28N4O2. The highest BCUT2D eigenvalue weighted by Gasteiger charge is 2.23. The zero-order valence-electron chi connectivity index (χ0n) is 17.2. The minimum atomic E-state index is -0.623. The van der Waals surface area contributed by atoms with Gasteiger partial charge < -0.3 is 5.32 Å². The fraction of sp³-hybridized carbons (Fsp3) is 0.409. The molecule has 28 heavy (non-hydrogen) atoms. The van der Waals surface area contributed by atoms with Crippen molar-refractivity contribution in [3.05, 3.63) is 52.4 Å². The Balaban J connectivity index is 2.11. The first kappa shape index (κ1) is 19.9. The third-order valence-corrected chi connectivity index (χ3v) is 5.07. The summed E-state index contributed by atoms with van der Waals surface area (Å²) in [6, 6.07) is 10.8. The van der Waals surface area contributed by atoms with Crippen LogP contribution >= 0.6 is 0 Å². The number of fused-ring (bicyclic) bond motifs is 1. The highest BCUT2D eigenvalue weighted by atomic mass is 16.2. The van der Waals surface area contributed by atoms with Gasteiger partial charge in [0.1, 0.15) is 11.7 Å². The maximum atomic E-state index is 13.1. The number of aryl methyl sites for hydroxylation is 2. The van der Waals surface area contributed by atoms with Crippen LogP contribution in [0.2, 0.25) is 0 Å². The van der Waals surface area contributed by atoms with Crippen molar-refractivity contribution >= 4 is 16.9 Å². The lowest BCUT2D eigenvalue weighted by atomic mass is 10.0. The normalized spacial score (nSPS) is 12.5. The van der Waals surface area contributed by atoms with Crippen molar-refractivity contribution in [3.63, 3.8) is 0 Å². The summed E-state index contributed by atoms with van der Waals surface area (Å²) in [5.74, 6) is 0.352. The number of carbonyl (C=O) groups is 1. The van der Waals surface area contributed by atoms with Gasteiger partial charge in [-0.25, -0.2) is 0 Å². The SMILES string of the molecule is Cc1nn(C)c2c1c(-c1ccccc1)cc(=O)n2C(C)C(=O)NCCC(C)C. The molecule has 0 fully saturated rings. The average Bonchev–Trinajstić information content (AvgIpc) is 2.95. The van der Waals surface area contributed by atoms with E-state index in [2.05, 4.69) is 24.3 Å². The number of nitrogens with zero attached hydrogens (tertiary/aromatic N) is 3. The predicted molar refractivity (Wildman–Crippen MR) is 112 cm³/mol. The van der Waals surface area contributed by atoms with E-state index < -0.39 is 6.04 Å². The van der Waals surface area contributed by atoms with Gasteiger partial charge in [-0.3, -0.25) is 18.8 Å². The number of amides is 1. The third kappa shape index (κ3) is 3.72. The molecule has 1 N–H and O–H groups in total. The highest BCUT2D eigenvalue weighted by molar-refractivity contribution is 5.96. The van der Waals surface area contributed by atoms with Crippen LogP contribution in [-0.2, 0) is 11.8 Å². The number of rotatable bonds is 6. The quantitative estimate of drug-likeness (QED) is 0.712. The number of hydrogen-bond acceptors (Lipinski definition) is 3. The summed E-state index contributed by atoms with van der Waals surface area (Å²) in [6.07, 6.45) is 0.903. The molecule has 148 valence electrons. The second kappa shape index (κ2) is 8.00. The standard InChI is InChI=1S/C22H28N4O2/c1-14(2)11-12-23-21(28)16(4)26-19(27)13-18(17-9-7-6-8-10-17)20-15(3)24-25(5)22(20)26/h6-10,13-14,16H,11-12H2,1-5H3,(H,23,28). The zero-order valence-corrected chi connectivity index (χ0v) is 17.2. The summed E-state index contributed by atoms with van der Waals surface area (Å²) in [5, 5.41) is 8.38. The van der Waals surface area contributed by atoms with Crippen molar-refractivity contribution in [2.75, 3.05) is 6.54 Å².